The van der Waals surface area contributed by atoms with Gasteiger partial charge >= 0.3 is 0 Å². The summed E-state index contributed by atoms with van der Waals surface area (Å²) in [6.45, 7) is 0. The van der Waals surface area contributed by atoms with Crippen LogP contribution in [0.3, 0.4) is 0 Å². The van der Waals surface area contributed by atoms with Crippen LogP contribution >= 0.6 is 0 Å². The molecule has 3 unspecified atom stereocenters. The summed E-state index contributed by atoms with van der Waals surface area (Å²) in [5.74, 6) is 1.59. The highest BCUT2D eigenvalue weighted by molar-refractivity contribution is 5.79. The number of benzene rings is 1. The number of nitrogens with one attached hydrogen (secondary N) is 1. The molecule has 0 spiro atoms. The molecule has 3 aliphatic carbocycles. The molecule has 3 atom stereocenters. The molecule has 0 saturated heterocycles. The van der Waals surface area contributed by atoms with Crippen LogP contribution in [0.25, 0.3) is 0 Å². The topological polar surface area (TPSA) is 55.1 Å². The van der Waals surface area contributed by atoms with Gasteiger partial charge in [0.1, 0.15) is 0 Å². The van der Waals surface area contributed by atoms with E-state index in [2.05, 4.69) is 29.6 Å². The van der Waals surface area contributed by atoms with Crippen molar-refractivity contribution in [3.8, 4) is 0 Å². The maximum Gasteiger partial charge on any atom is 0.223 e. The summed E-state index contributed by atoms with van der Waals surface area (Å²) in [7, 11) is 0. The molecule has 0 heterocycles. The van der Waals surface area contributed by atoms with Crippen molar-refractivity contribution in [1.29, 1.82) is 0 Å². The van der Waals surface area contributed by atoms with Crippen LogP contribution in [-0.4, -0.2) is 11.9 Å². The van der Waals surface area contributed by atoms with Gasteiger partial charge in [-0.3, -0.25) is 4.79 Å². The smallest absolute Gasteiger partial charge is 0.223 e. The molecule has 2 bridgehead atoms. The second-order valence-electron chi connectivity index (χ2n) is 7.50. The van der Waals surface area contributed by atoms with Crippen LogP contribution < -0.4 is 11.1 Å². The normalized spacial score (nSPS) is 36.7. The van der Waals surface area contributed by atoms with E-state index < -0.39 is 0 Å². The number of hydrogen-bond donors (Lipinski definition) is 2. The van der Waals surface area contributed by atoms with Crippen LogP contribution in [0.1, 0.15) is 55.7 Å². The Morgan fingerprint density at radius 1 is 1.09 bits per heavy atom. The number of hydrogen-bond acceptors (Lipinski definition) is 2. The Morgan fingerprint density at radius 3 is 2.59 bits per heavy atom. The van der Waals surface area contributed by atoms with Crippen molar-refractivity contribution in [2.24, 2.45) is 23.5 Å². The van der Waals surface area contributed by atoms with E-state index in [-0.39, 0.29) is 17.9 Å². The van der Waals surface area contributed by atoms with Crippen LogP contribution in [0.5, 0.6) is 0 Å². The van der Waals surface area contributed by atoms with E-state index in [0.29, 0.717) is 17.9 Å². The standard InChI is InChI=1S/C19H26N2O/c20-18-13-5-3-6-14(18)11-15(10-13)19(22)21-17-9-8-12-4-1-2-7-16(12)17/h1-2,4,7,13-15,17-18H,3,5-6,8-11,20H2,(H,21,22). The minimum atomic E-state index is 0.183. The van der Waals surface area contributed by atoms with E-state index in [0.717, 1.165) is 25.7 Å². The van der Waals surface area contributed by atoms with Crippen LogP contribution in [-0.2, 0) is 11.2 Å². The molecule has 1 amide bonds. The molecule has 4 rings (SSSR count). The van der Waals surface area contributed by atoms with Crippen molar-refractivity contribution in [3.63, 3.8) is 0 Å². The van der Waals surface area contributed by atoms with Crippen LogP contribution in [0.4, 0.5) is 0 Å². The Hall–Kier alpha value is -1.35. The molecule has 3 aliphatic rings. The molecule has 1 aromatic rings. The fraction of sp³-hybridized carbons (Fsp3) is 0.632. The third-order valence-corrected chi connectivity index (χ3v) is 6.23. The van der Waals surface area contributed by atoms with Crippen molar-refractivity contribution >= 4 is 5.91 Å². The van der Waals surface area contributed by atoms with Gasteiger partial charge < -0.3 is 11.1 Å². The molecule has 22 heavy (non-hydrogen) atoms. The summed E-state index contributed by atoms with van der Waals surface area (Å²) in [6, 6.07) is 9.08. The molecule has 0 aliphatic heterocycles. The largest absolute Gasteiger partial charge is 0.349 e. The molecule has 0 radical (unpaired) electrons. The highest BCUT2D eigenvalue weighted by Gasteiger charge is 2.41. The molecule has 118 valence electrons. The Balaban J connectivity index is 1.43. The van der Waals surface area contributed by atoms with Crippen molar-refractivity contribution in [1.82, 2.24) is 5.32 Å². The van der Waals surface area contributed by atoms with Crippen LogP contribution in [0.15, 0.2) is 24.3 Å². The van der Waals surface area contributed by atoms with Gasteiger partial charge in [0.2, 0.25) is 5.91 Å². The number of aryl methyl sites for hydroxylation is 1. The number of fused-ring (bicyclic) bond motifs is 3. The number of nitrogens with two attached hydrogens (primary N) is 1. The number of carbonyl (C=O) groups excluding carboxylic acids is 1. The van der Waals surface area contributed by atoms with Gasteiger partial charge in [-0.15, -0.1) is 0 Å². The van der Waals surface area contributed by atoms with Crippen molar-refractivity contribution in [2.45, 2.75) is 57.0 Å². The molecule has 3 N–H and O–H groups in total. The Morgan fingerprint density at radius 2 is 1.82 bits per heavy atom. The lowest BCUT2D eigenvalue weighted by Gasteiger charge is -2.43. The average molecular weight is 298 g/mol. The lowest BCUT2D eigenvalue weighted by Crippen LogP contribution is -2.49. The summed E-state index contributed by atoms with van der Waals surface area (Å²) in [5.41, 5.74) is 9.06. The van der Waals surface area contributed by atoms with Gasteiger partial charge in [-0.05, 0) is 61.5 Å². The minimum Gasteiger partial charge on any atom is -0.349 e. The first-order chi connectivity index (χ1) is 10.7. The number of rotatable bonds is 2. The average Bonchev–Trinajstić information content (AvgIpc) is 2.90. The van der Waals surface area contributed by atoms with Gasteiger partial charge in [0.15, 0.2) is 0 Å². The second kappa shape index (κ2) is 5.69. The third-order valence-electron chi connectivity index (χ3n) is 6.23. The minimum absolute atomic E-state index is 0.183. The predicted molar refractivity (Wildman–Crippen MR) is 87.2 cm³/mol. The molecular formula is C19H26N2O. The summed E-state index contributed by atoms with van der Waals surface area (Å²) in [5, 5.41) is 3.33. The van der Waals surface area contributed by atoms with E-state index in [1.165, 1.54) is 30.4 Å². The fourth-order valence-corrected chi connectivity index (χ4v) is 5.00. The third kappa shape index (κ3) is 2.45. The van der Waals surface area contributed by atoms with Gasteiger partial charge in [-0.1, -0.05) is 30.7 Å². The zero-order chi connectivity index (χ0) is 15.1. The lowest BCUT2D eigenvalue weighted by atomic mass is 9.65. The SMILES string of the molecule is NC1C2CCCC1CC(C(=O)NC1CCc3ccccc31)C2. The van der Waals surface area contributed by atoms with Crippen LogP contribution in [0, 0.1) is 17.8 Å². The fourth-order valence-electron chi connectivity index (χ4n) is 5.00. The Bertz CT molecular complexity index is 556. The molecule has 0 aromatic heterocycles. The van der Waals surface area contributed by atoms with Gasteiger partial charge in [0.25, 0.3) is 0 Å². The second-order valence-corrected chi connectivity index (χ2v) is 7.50. The van der Waals surface area contributed by atoms with Gasteiger partial charge in [0, 0.05) is 12.0 Å². The van der Waals surface area contributed by atoms with E-state index in [1.807, 2.05) is 0 Å². The molecule has 2 fully saturated rings. The molecule has 2 saturated carbocycles. The first-order valence-electron chi connectivity index (χ1n) is 8.86. The highest BCUT2D eigenvalue weighted by Crippen LogP contribution is 2.42. The summed E-state index contributed by atoms with van der Waals surface area (Å²) in [4.78, 5) is 12.7. The Labute approximate surface area is 132 Å². The zero-order valence-electron chi connectivity index (χ0n) is 13.1. The highest BCUT2D eigenvalue weighted by atomic mass is 16.1. The molecule has 3 nitrogen and oxygen atoms in total. The quantitative estimate of drug-likeness (QED) is 0.882. The van der Waals surface area contributed by atoms with Gasteiger partial charge in [-0.25, -0.2) is 0 Å². The number of amides is 1. The first kappa shape index (κ1) is 14.3. The van der Waals surface area contributed by atoms with E-state index in [9.17, 15) is 4.79 Å². The molecular weight excluding hydrogens is 272 g/mol. The Kier molecular flexibility index (Phi) is 3.69. The maximum absolute atomic E-state index is 12.7. The van der Waals surface area contributed by atoms with Crippen molar-refractivity contribution in [3.05, 3.63) is 35.4 Å². The zero-order valence-corrected chi connectivity index (χ0v) is 13.1. The summed E-state index contributed by atoms with van der Waals surface area (Å²) < 4.78 is 0. The predicted octanol–water partition coefficient (Wildman–Crippen LogP) is 2.94. The number of carbonyl (C=O) groups is 1. The van der Waals surface area contributed by atoms with Crippen LogP contribution in [0.2, 0.25) is 0 Å². The summed E-state index contributed by atoms with van der Waals surface area (Å²) in [6.07, 6.45) is 7.86. The van der Waals surface area contributed by atoms with Gasteiger partial charge in [0.05, 0.1) is 6.04 Å². The first-order valence-corrected chi connectivity index (χ1v) is 8.86. The van der Waals surface area contributed by atoms with E-state index in [1.54, 1.807) is 0 Å². The maximum atomic E-state index is 12.7. The monoisotopic (exact) mass is 298 g/mol. The summed E-state index contributed by atoms with van der Waals surface area (Å²) >= 11 is 0. The van der Waals surface area contributed by atoms with Gasteiger partial charge in [-0.2, -0.15) is 0 Å². The van der Waals surface area contributed by atoms with Crippen molar-refractivity contribution < 1.29 is 4.79 Å². The lowest BCUT2D eigenvalue weighted by molar-refractivity contribution is -0.128. The molecule has 3 heteroatoms. The van der Waals surface area contributed by atoms with E-state index in [4.69, 9.17) is 5.73 Å². The van der Waals surface area contributed by atoms with Crippen molar-refractivity contribution in [2.75, 3.05) is 0 Å². The molecule has 1 aromatic carbocycles. The van der Waals surface area contributed by atoms with E-state index >= 15 is 0 Å².